The van der Waals surface area contributed by atoms with Crippen molar-refractivity contribution in [3.63, 3.8) is 0 Å². The molecule has 3 aliphatic carbocycles. The number of phenols is 1. The number of primary amides is 1. The first-order chi connectivity index (χ1) is 21.4. The maximum absolute atomic E-state index is 14.3. The van der Waals surface area contributed by atoms with Crippen molar-refractivity contribution in [3.8, 4) is 5.75 Å². The summed E-state index contributed by atoms with van der Waals surface area (Å²) in [5.41, 5.74) is 5.54. The van der Waals surface area contributed by atoms with Gasteiger partial charge in [0.25, 0.3) is 5.91 Å². The molecule has 11 nitrogen and oxygen atoms in total. The summed E-state index contributed by atoms with van der Waals surface area (Å²) in [4.78, 5) is 43.5. The number of hydrogen-bond acceptors (Lipinski definition) is 10. The van der Waals surface area contributed by atoms with E-state index in [0.717, 1.165) is 17.5 Å². The lowest BCUT2D eigenvalue weighted by Crippen LogP contribution is -2.63. The number of Topliss-reactive ketones (excluding diaryl/α,β-unsaturated/α-hetero) is 2. The fourth-order valence-electron chi connectivity index (χ4n) is 7.50. The Morgan fingerprint density at radius 1 is 1.07 bits per heavy atom. The Morgan fingerprint density at radius 3 is 2.26 bits per heavy atom. The maximum atomic E-state index is 14.3. The number of ketones is 2. The van der Waals surface area contributed by atoms with E-state index in [0.29, 0.717) is 23.5 Å². The molecular formula is C35H44N4O7. The fraction of sp³-hybridized carbons (Fsp3) is 0.457. The minimum absolute atomic E-state index is 0.0301. The van der Waals surface area contributed by atoms with Gasteiger partial charge in [0.2, 0.25) is 5.78 Å². The van der Waals surface area contributed by atoms with Crippen LogP contribution in [0.15, 0.2) is 53.0 Å². The number of nitrogens with one attached hydrogen (secondary N) is 1. The predicted octanol–water partition coefficient (Wildman–Crippen LogP) is 3.39. The van der Waals surface area contributed by atoms with Gasteiger partial charge >= 0.3 is 0 Å². The average molecular weight is 633 g/mol. The number of rotatable bonds is 7. The zero-order valence-electron chi connectivity index (χ0n) is 27.4. The molecule has 2 aromatic rings. The number of aromatic hydroxyl groups is 1. The summed E-state index contributed by atoms with van der Waals surface area (Å²) in [7, 11) is 6.87. The highest BCUT2D eigenvalue weighted by molar-refractivity contribution is 6.25. The zero-order valence-corrected chi connectivity index (χ0v) is 27.4. The van der Waals surface area contributed by atoms with E-state index in [1.807, 2.05) is 37.2 Å². The van der Waals surface area contributed by atoms with E-state index in [9.17, 15) is 34.8 Å². The summed E-state index contributed by atoms with van der Waals surface area (Å²) in [5, 5.41) is 49.4. The van der Waals surface area contributed by atoms with Crippen molar-refractivity contribution in [2.45, 2.75) is 58.2 Å². The van der Waals surface area contributed by atoms with Gasteiger partial charge in [0.1, 0.15) is 22.8 Å². The molecular weight excluding hydrogens is 588 g/mol. The molecule has 0 heterocycles. The largest absolute Gasteiger partial charge is 0.510 e. The molecule has 0 aliphatic heterocycles. The number of benzene rings is 2. The first kappa shape index (κ1) is 33.0. The Morgan fingerprint density at radius 2 is 1.70 bits per heavy atom. The number of amides is 1. The topological polar surface area (TPSA) is 177 Å². The van der Waals surface area contributed by atoms with Crippen LogP contribution in [0.5, 0.6) is 5.75 Å². The third-order valence-electron chi connectivity index (χ3n) is 9.49. The second kappa shape index (κ2) is 11.5. The number of nitrogens with two attached hydrogens (primary N) is 1. The number of hydrogen-bond donors (Lipinski definition) is 6. The number of anilines is 2. The van der Waals surface area contributed by atoms with Crippen molar-refractivity contribution >= 4 is 28.8 Å². The summed E-state index contributed by atoms with van der Waals surface area (Å²) < 4.78 is 0. The van der Waals surface area contributed by atoms with Crippen LogP contribution in [0.4, 0.5) is 11.4 Å². The number of aliphatic hydroxyl groups excluding tert-OH is 2. The van der Waals surface area contributed by atoms with Crippen LogP contribution in [0.3, 0.4) is 0 Å². The monoisotopic (exact) mass is 632 g/mol. The van der Waals surface area contributed by atoms with E-state index < -0.39 is 58.0 Å². The lowest BCUT2D eigenvalue weighted by molar-refractivity contribution is -0.148. The highest BCUT2D eigenvalue weighted by Crippen LogP contribution is 2.54. The van der Waals surface area contributed by atoms with Gasteiger partial charge in [-0.15, -0.1) is 0 Å². The molecule has 0 unspecified atom stereocenters. The highest BCUT2D eigenvalue weighted by atomic mass is 16.3. The number of carbonyl (C=O) groups is 3. The zero-order chi connectivity index (χ0) is 34.0. The van der Waals surface area contributed by atoms with Gasteiger partial charge in [-0.05, 0) is 67.4 Å². The van der Waals surface area contributed by atoms with Gasteiger partial charge in [0, 0.05) is 37.8 Å². The van der Waals surface area contributed by atoms with Gasteiger partial charge in [-0.3, -0.25) is 19.3 Å². The molecule has 5 rings (SSSR count). The lowest BCUT2D eigenvalue weighted by Gasteiger charge is -2.50. The second-order valence-electron chi connectivity index (χ2n) is 14.4. The van der Waals surface area contributed by atoms with Crippen LogP contribution in [-0.4, -0.2) is 82.6 Å². The number of likely N-dealkylation sites (N-methyl/N-ethyl adjacent to an activating group) is 1. The number of aliphatic hydroxyl groups is 3. The second-order valence-corrected chi connectivity index (χ2v) is 14.4. The van der Waals surface area contributed by atoms with Crippen molar-refractivity contribution < 1.29 is 34.8 Å². The number of phenolic OH excluding ortho intramolecular Hbond substituents is 1. The summed E-state index contributed by atoms with van der Waals surface area (Å²) in [6.45, 7) is 6.87. The van der Waals surface area contributed by atoms with Crippen LogP contribution < -0.4 is 16.0 Å². The molecule has 0 saturated carbocycles. The van der Waals surface area contributed by atoms with Gasteiger partial charge < -0.3 is 36.4 Å². The van der Waals surface area contributed by atoms with Crippen molar-refractivity contribution in [2.75, 3.05) is 38.4 Å². The van der Waals surface area contributed by atoms with E-state index in [-0.39, 0.29) is 35.1 Å². The van der Waals surface area contributed by atoms with Gasteiger partial charge in [0.05, 0.1) is 17.3 Å². The molecule has 3 aliphatic rings. The van der Waals surface area contributed by atoms with Gasteiger partial charge in [0.15, 0.2) is 11.4 Å². The number of nitrogens with zero attached hydrogens (tertiary/aromatic N) is 2. The third kappa shape index (κ3) is 5.21. The molecule has 1 amide bonds. The van der Waals surface area contributed by atoms with Crippen LogP contribution in [-0.2, 0) is 29.0 Å². The minimum atomic E-state index is -2.68. The van der Waals surface area contributed by atoms with Gasteiger partial charge in [-0.2, -0.15) is 0 Å². The summed E-state index contributed by atoms with van der Waals surface area (Å²) in [6, 6.07) is 8.79. The maximum Gasteiger partial charge on any atom is 0.255 e. The Bertz CT molecular complexity index is 1700. The molecule has 0 bridgehead atoms. The predicted molar refractivity (Wildman–Crippen MR) is 175 cm³/mol. The first-order valence-corrected chi connectivity index (χ1v) is 15.4. The van der Waals surface area contributed by atoms with E-state index in [1.54, 1.807) is 20.2 Å². The normalized spacial score (nSPS) is 24.5. The van der Waals surface area contributed by atoms with E-state index in [1.165, 1.54) is 4.90 Å². The van der Waals surface area contributed by atoms with E-state index >= 15 is 0 Å². The molecule has 7 N–H and O–H groups in total. The first-order valence-electron chi connectivity index (χ1n) is 15.4. The molecule has 0 saturated heterocycles. The Kier molecular flexibility index (Phi) is 8.23. The van der Waals surface area contributed by atoms with E-state index in [2.05, 4.69) is 32.2 Å². The van der Waals surface area contributed by atoms with Crippen LogP contribution >= 0.6 is 0 Å². The molecule has 46 heavy (non-hydrogen) atoms. The molecule has 11 heteroatoms. The third-order valence-corrected chi connectivity index (χ3v) is 9.49. The van der Waals surface area contributed by atoms with E-state index in [4.69, 9.17) is 5.73 Å². The van der Waals surface area contributed by atoms with Gasteiger partial charge in [-0.25, -0.2) is 0 Å². The summed E-state index contributed by atoms with van der Waals surface area (Å²) >= 11 is 0. The van der Waals surface area contributed by atoms with Crippen molar-refractivity contribution in [3.05, 3.63) is 75.3 Å². The van der Waals surface area contributed by atoms with Crippen LogP contribution in [0, 0.1) is 17.3 Å². The summed E-state index contributed by atoms with van der Waals surface area (Å²) in [6.07, 6.45) is 1.09. The Balaban J connectivity index is 1.61. The van der Waals surface area contributed by atoms with Crippen molar-refractivity contribution in [2.24, 2.45) is 23.0 Å². The molecule has 0 aromatic heterocycles. The standard InChI is InChI=1S/C35H44N4O7/c1-34(2,3)15-17-10-8-9-11-18(17)16-37-22-14-23(38(4)5)20-12-19-13-21-27(39(6)7)30(42)26(33(36)45)32(44)35(21,46)31(43)24(19)29(41)25(20)28(22)40/h8-11,14,19,21,27,37,40,42-43,46H,12-13,15-16H2,1-7H3,(H2,36,45)/t19-,21-,27-,35-/m1/s1. The molecule has 0 spiro atoms. The summed E-state index contributed by atoms with van der Waals surface area (Å²) in [5.74, 6) is -6.74. The molecule has 2 aromatic carbocycles. The average Bonchev–Trinajstić information content (AvgIpc) is 2.94. The van der Waals surface area contributed by atoms with Crippen LogP contribution in [0.1, 0.15) is 54.2 Å². The smallest absolute Gasteiger partial charge is 0.255 e. The quantitative estimate of drug-likeness (QED) is 0.196. The van der Waals surface area contributed by atoms with Crippen molar-refractivity contribution in [1.29, 1.82) is 0 Å². The lowest BCUT2D eigenvalue weighted by atomic mass is 9.58. The number of carbonyl (C=O) groups excluding carboxylic acids is 3. The molecule has 0 radical (unpaired) electrons. The molecule has 4 atom stereocenters. The Labute approximate surface area is 269 Å². The minimum Gasteiger partial charge on any atom is -0.510 e. The van der Waals surface area contributed by atoms with Crippen LogP contribution in [0.2, 0.25) is 0 Å². The van der Waals surface area contributed by atoms with Gasteiger partial charge in [-0.1, -0.05) is 45.0 Å². The number of fused-ring (bicyclic) bond motifs is 3. The Hall–Kier alpha value is -4.35. The van der Waals surface area contributed by atoms with Crippen molar-refractivity contribution in [1.82, 2.24) is 4.90 Å². The number of allylic oxidation sites excluding steroid dienone is 1. The molecule has 246 valence electrons. The fourth-order valence-corrected chi connectivity index (χ4v) is 7.50. The highest BCUT2D eigenvalue weighted by Gasteiger charge is 2.63. The SMILES string of the molecule is CN(C)c1cc(NCc2ccccc2CC(C)(C)C)c(O)c2c1C[C@@H]1C[C@@H]3[C@@H](N(C)C)C(O)=C(C(N)=O)C(=O)[C@]3(O)C(O)=C1C2=O. The molecule has 0 fully saturated rings. The van der Waals surface area contributed by atoms with Crippen LogP contribution in [0.25, 0.3) is 0 Å².